The Morgan fingerprint density at radius 2 is 1.81 bits per heavy atom. The Morgan fingerprint density at radius 1 is 1.10 bits per heavy atom. The number of rotatable bonds is 8. The van der Waals surface area contributed by atoms with Crippen molar-refractivity contribution in [2.45, 2.75) is 46.1 Å². The molecule has 2 aromatic carbocycles. The van der Waals surface area contributed by atoms with Crippen LogP contribution >= 0.6 is 0 Å². The van der Waals surface area contributed by atoms with Gasteiger partial charge in [-0.25, -0.2) is 0 Å². The highest BCUT2D eigenvalue weighted by atomic mass is 16.5. The van der Waals surface area contributed by atoms with Crippen LogP contribution in [0, 0.1) is 5.92 Å². The first-order valence-electron chi connectivity index (χ1n) is 11.1. The molecule has 0 aliphatic carbocycles. The Labute approximate surface area is 185 Å². The van der Waals surface area contributed by atoms with Gasteiger partial charge in [-0.15, -0.1) is 0 Å². The number of benzene rings is 2. The van der Waals surface area contributed by atoms with E-state index in [0.717, 1.165) is 43.8 Å². The second kappa shape index (κ2) is 10.8. The van der Waals surface area contributed by atoms with E-state index >= 15 is 0 Å². The Bertz CT molecular complexity index is 874. The molecular formula is C25H33N3O3. The monoisotopic (exact) mass is 423 g/mol. The molecule has 1 saturated heterocycles. The molecule has 31 heavy (non-hydrogen) atoms. The summed E-state index contributed by atoms with van der Waals surface area (Å²) in [6.07, 6.45) is 3.19. The minimum absolute atomic E-state index is 0.0611. The van der Waals surface area contributed by atoms with Gasteiger partial charge in [-0.05, 0) is 68.5 Å². The van der Waals surface area contributed by atoms with Crippen LogP contribution in [0.4, 0.5) is 11.4 Å². The van der Waals surface area contributed by atoms with Crippen LogP contribution in [0.1, 0.15) is 50.4 Å². The smallest absolute Gasteiger partial charge is 0.253 e. The summed E-state index contributed by atoms with van der Waals surface area (Å²) in [7, 11) is 0. The molecule has 2 aromatic rings. The maximum absolute atomic E-state index is 12.6. The minimum Gasteiger partial charge on any atom is -0.491 e. The molecular weight excluding hydrogens is 390 g/mol. The van der Waals surface area contributed by atoms with Crippen LogP contribution in [0.5, 0.6) is 5.75 Å². The summed E-state index contributed by atoms with van der Waals surface area (Å²) in [5, 5.41) is 5.98. The lowest BCUT2D eigenvalue weighted by Gasteiger charge is -2.30. The van der Waals surface area contributed by atoms with E-state index in [1.807, 2.05) is 36.1 Å². The molecule has 6 heteroatoms. The van der Waals surface area contributed by atoms with E-state index in [4.69, 9.17) is 4.74 Å². The summed E-state index contributed by atoms with van der Waals surface area (Å²) in [5.41, 5.74) is 2.15. The summed E-state index contributed by atoms with van der Waals surface area (Å²) < 4.78 is 5.81. The van der Waals surface area contributed by atoms with Gasteiger partial charge in [-0.1, -0.05) is 19.9 Å². The summed E-state index contributed by atoms with van der Waals surface area (Å²) in [6, 6.07) is 14.7. The van der Waals surface area contributed by atoms with Gasteiger partial charge in [0.2, 0.25) is 5.91 Å². The zero-order valence-corrected chi connectivity index (χ0v) is 18.7. The zero-order chi connectivity index (χ0) is 22.2. The van der Waals surface area contributed by atoms with Crippen LogP contribution in [-0.4, -0.2) is 42.5 Å². The van der Waals surface area contributed by atoms with E-state index in [1.54, 1.807) is 24.3 Å². The molecule has 1 heterocycles. The topological polar surface area (TPSA) is 70.7 Å². The normalized spacial score (nSPS) is 15.3. The maximum Gasteiger partial charge on any atom is 0.253 e. The van der Waals surface area contributed by atoms with Crippen molar-refractivity contribution in [3.8, 4) is 5.75 Å². The van der Waals surface area contributed by atoms with Crippen LogP contribution in [0.2, 0.25) is 0 Å². The molecule has 0 aromatic heterocycles. The van der Waals surface area contributed by atoms with Crippen molar-refractivity contribution in [2.24, 2.45) is 5.92 Å². The van der Waals surface area contributed by atoms with Gasteiger partial charge in [-0.3, -0.25) is 9.59 Å². The van der Waals surface area contributed by atoms with E-state index in [-0.39, 0.29) is 24.5 Å². The highest BCUT2D eigenvalue weighted by Crippen LogP contribution is 2.20. The van der Waals surface area contributed by atoms with Gasteiger partial charge in [-0.2, -0.15) is 0 Å². The molecule has 1 fully saturated rings. The van der Waals surface area contributed by atoms with Crippen molar-refractivity contribution in [1.29, 1.82) is 0 Å². The molecule has 6 nitrogen and oxygen atoms in total. The van der Waals surface area contributed by atoms with E-state index in [0.29, 0.717) is 17.2 Å². The molecule has 1 aliphatic heterocycles. The first-order valence-corrected chi connectivity index (χ1v) is 11.1. The number of piperidine rings is 1. The number of anilines is 2. The van der Waals surface area contributed by atoms with Crippen LogP contribution in [0.15, 0.2) is 48.5 Å². The number of hydrogen-bond donors (Lipinski definition) is 2. The number of likely N-dealkylation sites (tertiary alicyclic amines) is 1. The Morgan fingerprint density at radius 3 is 2.48 bits per heavy atom. The minimum atomic E-state index is -0.155. The lowest BCUT2D eigenvalue weighted by atomic mass is 9.98. The Kier molecular flexibility index (Phi) is 7.93. The fourth-order valence-electron chi connectivity index (χ4n) is 3.47. The van der Waals surface area contributed by atoms with Crippen LogP contribution in [0.3, 0.4) is 0 Å². The van der Waals surface area contributed by atoms with Crippen molar-refractivity contribution in [3.63, 3.8) is 0 Å². The average Bonchev–Trinajstić information content (AvgIpc) is 2.78. The second-order valence-electron chi connectivity index (χ2n) is 8.32. The largest absolute Gasteiger partial charge is 0.491 e. The van der Waals surface area contributed by atoms with Crippen molar-refractivity contribution >= 4 is 23.2 Å². The zero-order valence-electron chi connectivity index (χ0n) is 18.7. The Balaban J connectivity index is 1.48. The fourth-order valence-corrected chi connectivity index (χ4v) is 3.47. The third kappa shape index (κ3) is 6.74. The molecule has 1 aliphatic rings. The predicted octanol–water partition coefficient (Wildman–Crippen LogP) is 4.79. The van der Waals surface area contributed by atoms with Gasteiger partial charge in [0.25, 0.3) is 5.91 Å². The van der Waals surface area contributed by atoms with Crippen molar-refractivity contribution in [3.05, 3.63) is 54.1 Å². The summed E-state index contributed by atoms with van der Waals surface area (Å²) in [4.78, 5) is 26.9. The van der Waals surface area contributed by atoms with Gasteiger partial charge in [0.05, 0.1) is 12.6 Å². The summed E-state index contributed by atoms with van der Waals surface area (Å²) >= 11 is 0. The lowest BCUT2D eigenvalue weighted by molar-refractivity contribution is -0.114. The van der Waals surface area contributed by atoms with Crippen molar-refractivity contribution < 1.29 is 14.3 Å². The predicted molar refractivity (Wildman–Crippen MR) is 125 cm³/mol. The van der Waals surface area contributed by atoms with E-state index in [1.165, 1.54) is 0 Å². The third-order valence-electron chi connectivity index (χ3n) is 5.69. The second-order valence-corrected chi connectivity index (χ2v) is 8.32. The molecule has 0 radical (unpaired) electrons. The standard InChI is InChI=1S/C25H33N3O3/c1-4-19(3)31-23-7-5-6-22(16-23)26-17-24(29)27-21-10-8-20(9-11-21)25(30)28-14-12-18(2)13-15-28/h5-11,16,18-19,26H,4,12-15,17H2,1-3H3,(H,27,29). The number of hydrogen-bond acceptors (Lipinski definition) is 4. The summed E-state index contributed by atoms with van der Waals surface area (Å²) in [5.74, 6) is 1.37. The highest BCUT2D eigenvalue weighted by Gasteiger charge is 2.21. The third-order valence-corrected chi connectivity index (χ3v) is 5.69. The number of nitrogens with one attached hydrogen (secondary N) is 2. The number of amides is 2. The molecule has 3 rings (SSSR count). The van der Waals surface area contributed by atoms with Gasteiger partial charge in [0.1, 0.15) is 5.75 Å². The molecule has 166 valence electrons. The first-order chi connectivity index (χ1) is 14.9. The molecule has 0 spiro atoms. The van der Waals surface area contributed by atoms with Crippen molar-refractivity contribution in [2.75, 3.05) is 30.3 Å². The number of carbonyl (C=O) groups excluding carboxylic acids is 2. The van der Waals surface area contributed by atoms with E-state index < -0.39 is 0 Å². The van der Waals surface area contributed by atoms with E-state index in [9.17, 15) is 9.59 Å². The number of ether oxygens (including phenoxy) is 1. The lowest BCUT2D eigenvalue weighted by Crippen LogP contribution is -2.37. The van der Waals surface area contributed by atoms with Gasteiger partial charge >= 0.3 is 0 Å². The van der Waals surface area contributed by atoms with Crippen LogP contribution in [0.25, 0.3) is 0 Å². The van der Waals surface area contributed by atoms with Gasteiger partial charge in [0.15, 0.2) is 0 Å². The van der Waals surface area contributed by atoms with Crippen LogP contribution in [-0.2, 0) is 4.79 Å². The average molecular weight is 424 g/mol. The fraction of sp³-hybridized carbons (Fsp3) is 0.440. The molecule has 2 amide bonds. The van der Waals surface area contributed by atoms with Gasteiger partial charge in [0, 0.05) is 36.1 Å². The maximum atomic E-state index is 12.6. The van der Waals surface area contributed by atoms with E-state index in [2.05, 4.69) is 24.5 Å². The molecule has 1 atom stereocenters. The quantitative estimate of drug-likeness (QED) is 0.641. The van der Waals surface area contributed by atoms with Crippen molar-refractivity contribution in [1.82, 2.24) is 4.90 Å². The molecule has 0 bridgehead atoms. The van der Waals surface area contributed by atoms with Gasteiger partial charge < -0.3 is 20.3 Å². The molecule has 0 saturated carbocycles. The SMILES string of the molecule is CCC(C)Oc1cccc(NCC(=O)Nc2ccc(C(=O)N3CCC(C)CC3)cc2)c1. The summed E-state index contributed by atoms with van der Waals surface area (Å²) in [6.45, 7) is 8.10. The number of carbonyl (C=O) groups is 2. The molecule has 1 unspecified atom stereocenters. The molecule has 2 N–H and O–H groups in total. The highest BCUT2D eigenvalue weighted by molar-refractivity contribution is 5.96. The van der Waals surface area contributed by atoms with Crippen LogP contribution < -0.4 is 15.4 Å². The first kappa shape index (κ1) is 22.7. The Hall–Kier alpha value is -3.02. The number of nitrogens with zero attached hydrogens (tertiary/aromatic N) is 1.